The van der Waals surface area contributed by atoms with Gasteiger partial charge >= 0.3 is 0 Å². The Kier molecular flexibility index (Phi) is 7.39. The van der Waals surface area contributed by atoms with E-state index in [2.05, 4.69) is 69.3 Å². The Labute approximate surface area is 127 Å². The summed E-state index contributed by atoms with van der Waals surface area (Å²) >= 11 is 0. The van der Waals surface area contributed by atoms with Gasteiger partial charge in [0.2, 0.25) is 0 Å². The monoisotopic (exact) mass is 304 g/mol. The van der Waals surface area contributed by atoms with E-state index in [1.165, 1.54) is 0 Å². The standard InChI is InChI=1S/C17H28OSi2/c1-9-17(18-5,13-15-19(6,7)8)14-16-20(10-2,11-3)12-4/h1H,10-12H2,2-8H3/t17-/m1/s1. The summed E-state index contributed by atoms with van der Waals surface area (Å²) in [5.74, 6) is 8.98. The zero-order valence-electron chi connectivity index (χ0n) is 14.1. The van der Waals surface area contributed by atoms with Crippen LogP contribution in [-0.2, 0) is 4.74 Å². The molecule has 0 saturated carbocycles. The fraction of sp³-hybridized carbons (Fsp3) is 0.647. The highest BCUT2D eigenvalue weighted by Crippen LogP contribution is 2.20. The van der Waals surface area contributed by atoms with Crippen LogP contribution in [0.1, 0.15) is 20.8 Å². The van der Waals surface area contributed by atoms with E-state index in [1.807, 2.05) is 0 Å². The van der Waals surface area contributed by atoms with Crippen molar-refractivity contribution in [3.63, 3.8) is 0 Å². The lowest BCUT2D eigenvalue weighted by Crippen LogP contribution is -2.33. The van der Waals surface area contributed by atoms with E-state index in [1.54, 1.807) is 7.11 Å². The van der Waals surface area contributed by atoms with E-state index < -0.39 is 21.7 Å². The van der Waals surface area contributed by atoms with Gasteiger partial charge in [0.05, 0.1) is 0 Å². The number of ether oxygens (including phenoxy) is 1. The predicted octanol–water partition coefficient (Wildman–Crippen LogP) is 3.94. The quantitative estimate of drug-likeness (QED) is 0.565. The molecule has 3 heteroatoms. The molecular weight excluding hydrogens is 276 g/mol. The first-order valence-electron chi connectivity index (χ1n) is 7.33. The van der Waals surface area contributed by atoms with Crippen molar-refractivity contribution in [2.75, 3.05) is 7.11 Å². The molecule has 0 spiro atoms. The fourth-order valence-corrected chi connectivity index (χ4v) is 4.80. The van der Waals surface area contributed by atoms with Crippen molar-refractivity contribution in [2.45, 2.75) is 64.1 Å². The van der Waals surface area contributed by atoms with Crippen LogP contribution in [0.3, 0.4) is 0 Å². The van der Waals surface area contributed by atoms with Crippen LogP contribution in [0.25, 0.3) is 0 Å². The van der Waals surface area contributed by atoms with Gasteiger partial charge in [-0.3, -0.25) is 0 Å². The predicted molar refractivity (Wildman–Crippen MR) is 94.7 cm³/mol. The molecule has 0 fully saturated rings. The average molecular weight is 305 g/mol. The number of rotatable bonds is 4. The van der Waals surface area contributed by atoms with E-state index >= 15 is 0 Å². The molecule has 110 valence electrons. The minimum atomic E-state index is -1.53. The number of hydrogen-bond donors (Lipinski definition) is 0. The first kappa shape index (κ1) is 19.1. The summed E-state index contributed by atoms with van der Waals surface area (Å²) in [5.41, 5.74) is 5.76. The first-order valence-corrected chi connectivity index (χ1v) is 13.5. The molecule has 0 rings (SSSR count). The van der Waals surface area contributed by atoms with Crippen molar-refractivity contribution in [2.24, 2.45) is 0 Å². The topological polar surface area (TPSA) is 9.23 Å². The van der Waals surface area contributed by atoms with Gasteiger partial charge in [-0.2, -0.15) is 0 Å². The third kappa shape index (κ3) is 5.60. The molecular formula is C17H28OSi2. The molecule has 0 radical (unpaired) electrons. The molecule has 0 aromatic rings. The Morgan fingerprint density at radius 2 is 1.40 bits per heavy atom. The van der Waals surface area contributed by atoms with Crippen molar-refractivity contribution < 1.29 is 4.74 Å². The Hall–Kier alpha value is -0.926. The van der Waals surface area contributed by atoms with Gasteiger partial charge in [-0.1, -0.05) is 40.4 Å². The minimum Gasteiger partial charge on any atom is -0.345 e. The van der Waals surface area contributed by atoms with E-state index in [4.69, 9.17) is 11.2 Å². The third-order valence-electron chi connectivity index (χ3n) is 3.66. The number of hydrogen-bond acceptors (Lipinski definition) is 1. The van der Waals surface area contributed by atoms with Crippen LogP contribution in [0.5, 0.6) is 0 Å². The van der Waals surface area contributed by atoms with Crippen molar-refractivity contribution in [3.8, 4) is 35.3 Å². The summed E-state index contributed by atoms with van der Waals surface area (Å²) in [6, 6.07) is 3.45. The van der Waals surface area contributed by atoms with E-state index in [9.17, 15) is 0 Å². The van der Waals surface area contributed by atoms with Crippen LogP contribution in [0.4, 0.5) is 0 Å². The zero-order chi connectivity index (χ0) is 15.9. The highest BCUT2D eigenvalue weighted by atomic mass is 28.3. The molecule has 1 nitrogen and oxygen atoms in total. The lowest BCUT2D eigenvalue weighted by molar-refractivity contribution is 0.139. The summed E-state index contributed by atoms with van der Waals surface area (Å²) in [5, 5.41) is 0. The van der Waals surface area contributed by atoms with Gasteiger partial charge in [0.25, 0.3) is 5.60 Å². The molecule has 0 bridgehead atoms. The van der Waals surface area contributed by atoms with Crippen LogP contribution in [0.15, 0.2) is 0 Å². The van der Waals surface area contributed by atoms with Crippen LogP contribution in [0, 0.1) is 35.3 Å². The van der Waals surface area contributed by atoms with Gasteiger partial charge in [-0.05, 0) is 35.9 Å². The second kappa shape index (κ2) is 7.75. The normalized spacial score (nSPS) is 14.1. The zero-order valence-corrected chi connectivity index (χ0v) is 16.1. The fourth-order valence-electron chi connectivity index (χ4n) is 1.78. The second-order valence-corrected chi connectivity index (χ2v) is 15.8. The summed E-state index contributed by atoms with van der Waals surface area (Å²) in [6.45, 7) is 13.2. The minimum absolute atomic E-state index is 1.03. The SMILES string of the molecule is C#C[C@@](C#C[Si](C)(C)C)(C#C[Si](CC)(CC)CC)OC. The number of terminal acetylenes is 1. The Balaban J connectivity index is 5.65. The van der Waals surface area contributed by atoms with Gasteiger partial charge in [0.15, 0.2) is 0 Å². The van der Waals surface area contributed by atoms with Crippen molar-refractivity contribution in [1.82, 2.24) is 0 Å². The summed E-state index contributed by atoms with van der Waals surface area (Å²) in [6.07, 6.45) is 5.65. The maximum absolute atomic E-state index is 5.65. The molecule has 0 aliphatic carbocycles. The molecule has 0 aromatic carbocycles. The van der Waals surface area contributed by atoms with Crippen LogP contribution in [-0.4, -0.2) is 28.9 Å². The molecule has 0 amide bonds. The Morgan fingerprint density at radius 1 is 0.950 bits per heavy atom. The van der Waals surface area contributed by atoms with Crippen LogP contribution in [0.2, 0.25) is 37.8 Å². The molecule has 0 heterocycles. The molecule has 0 saturated heterocycles. The van der Waals surface area contributed by atoms with Crippen molar-refractivity contribution in [1.29, 1.82) is 0 Å². The largest absolute Gasteiger partial charge is 0.345 e. The van der Waals surface area contributed by atoms with Gasteiger partial charge < -0.3 is 4.74 Å². The van der Waals surface area contributed by atoms with E-state index in [0.29, 0.717) is 0 Å². The van der Waals surface area contributed by atoms with Crippen LogP contribution < -0.4 is 0 Å². The second-order valence-electron chi connectivity index (χ2n) is 6.12. The molecule has 20 heavy (non-hydrogen) atoms. The molecule has 0 aliphatic heterocycles. The molecule has 1 atom stereocenters. The maximum atomic E-state index is 5.65. The van der Waals surface area contributed by atoms with Crippen LogP contribution >= 0.6 is 0 Å². The van der Waals surface area contributed by atoms with Crippen molar-refractivity contribution in [3.05, 3.63) is 0 Å². The molecule has 0 aliphatic rings. The van der Waals surface area contributed by atoms with Gasteiger partial charge in [0, 0.05) is 7.11 Å². The lowest BCUT2D eigenvalue weighted by Gasteiger charge is -2.22. The van der Waals surface area contributed by atoms with E-state index in [0.717, 1.165) is 18.1 Å². The molecule has 0 unspecified atom stereocenters. The lowest BCUT2D eigenvalue weighted by atomic mass is 10.1. The highest BCUT2D eigenvalue weighted by Gasteiger charge is 2.28. The van der Waals surface area contributed by atoms with Crippen molar-refractivity contribution >= 4 is 16.1 Å². The molecule has 0 aromatic heterocycles. The highest BCUT2D eigenvalue weighted by molar-refractivity contribution is 6.87. The summed E-state index contributed by atoms with van der Waals surface area (Å²) in [7, 11) is -1.42. The van der Waals surface area contributed by atoms with Gasteiger partial charge in [0.1, 0.15) is 16.1 Å². The summed E-state index contributed by atoms with van der Waals surface area (Å²) < 4.78 is 5.47. The molecule has 0 N–H and O–H groups in total. The smallest absolute Gasteiger partial charge is 0.252 e. The van der Waals surface area contributed by atoms with Gasteiger partial charge in [-0.25, -0.2) is 0 Å². The van der Waals surface area contributed by atoms with Gasteiger partial charge in [-0.15, -0.1) is 17.5 Å². The number of methoxy groups -OCH3 is 1. The summed E-state index contributed by atoms with van der Waals surface area (Å²) in [4.78, 5) is 0. The average Bonchev–Trinajstić information content (AvgIpc) is 2.43. The maximum Gasteiger partial charge on any atom is 0.252 e. The first-order chi connectivity index (χ1) is 9.22. The Morgan fingerprint density at radius 3 is 1.70 bits per heavy atom. The third-order valence-corrected chi connectivity index (χ3v) is 9.25. The Bertz CT molecular complexity index is 461. The van der Waals surface area contributed by atoms with E-state index in [-0.39, 0.29) is 0 Å².